The summed E-state index contributed by atoms with van der Waals surface area (Å²) in [5.41, 5.74) is 0.717. The van der Waals surface area contributed by atoms with Crippen LogP contribution in [0.15, 0.2) is 50.4 Å². The zero-order chi connectivity index (χ0) is 19.1. The first-order valence-electron chi connectivity index (χ1n) is 7.07. The number of nitrogens with zero attached hydrogens (tertiary/aromatic N) is 2. The number of methoxy groups -OCH3 is 1. The number of thioether (sulfide) groups is 1. The van der Waals surface area contributed by atoms with Crippen molar-refractivity contribution in [2.24, 2.45) is 10.2 Å². The van der Waals surface area contributed by atoms with Gasteiger partial charge in [-0.05, 0) is 46.5 Å². The van der Waals surface area contributed by atoms with E-state index in [4.69, 9.17) is 4.74 Å². The Balaban J connectivity index is 2.19. The van der Waals surface area contributed by atoms with E-state index in [-0.39, 0.29) is 10.1 Å². The first kappa shape index (κ1) is 20.6. The number of carbonyl (C=O) groups excluding carboxylic acids is 2. The highest BCUT2D eigenvalue weighted by atomic mass is 127. The lowest BCUT2D eigenvalue weighted by molar-refractivity contribution is -0.135. The molecule has 136 valence electrons. The third-order valence-electron chi connectivity index (χ3n) is 2.83. The standard InChI is InChI=1S/C16H13BrIN3O4S/c1-3-4-25-14-9(5-10(17)6-11(14)18)8-19-21-16-20-15(23)12(26-16)7-13(22)24-2/h3,5-8H,1,4H2,2H3,(H,20,21,23)/b12-7+,19-8?. The monoisotopic (exact) mass is 549 g/mol. The van der Waals surface area contributed by atoms with Crippen LogP contribution in [0.4, 0.5) is 0 Å². The molecule has 0 spiro atoms. The van der Waals surface area contributed by atoms with Gasteiger partial charge in [-0.25, -0.2) is 4.79 Å². The maximum Gasteiger partial charge on any atom is 0.331 e. The van der Waals surface area contributed by atoms with Crippen LogP contribution < -0.4 is 10.1 Å². The number of esters is 1. The summed E-state index contributed by atoms with van der Waals surface area (Å²) >= 11 is 6.59. The molecule has 7 nitrogen and oxygen atoms in total. The van der Waals surface area contributed by atoms with E-state index in [1.54, 1.807) is 6.08 Å². The van der Waals surface area contributed by atoms with Gasteiger partial charge >= 0.3 is 5.97 Å². The fourth-order valence-corrected chi connectivity index (χ4v) is 4.20. The van der Waals surface area contributed by atoms with Crippen molar-refractivity contribution in [2.45, 2.75) is 0 Å². The average molecular weight is 550 g/mol. The van der Waals surface area contributed by atoms with Crippen molar-refractivity contribution < 1.29 is 19.1 Å². The van der Waals surface area contributed by atoms with Gasteiger partial charge in [0.1, 0.15) is 12.4 Å². The minimum Gasteiger partial charge on any atom is -0.488 e. The van der Waals surface area contributed by atoms with Gasteiger partial charge in [-0.1, -0.05) is 28.6 Å². The molecule has 1 aliphatic rings. The molecule has 0 aromatic heterocycles. The molecule has 2 rings (SSSR count). The first-order valence-corrected chi connectivity index (χ1v) is 9.76. The zero-order valence-electron chi connectivity index (χ0n) is 13.5. The number of benzene rings is 1. The Labute approximate surface area is 176 Å². The van der Waals surface area contributed by atoms with E-state index in [9.17, 15) is 9.59 Å². The molecule has 1 N–H and O–H groups in total. The Hall–Kier alpha value is -1.66. The Kier molecular flexibility index (Phi) is 7.85. The van der Waals surface area contributed by atoms with Crippen LogP contribution in [0.1, 0.15) is 5.56 Å². The molecule has 1 saturated heterocycles. The molecule has 10 heteroatoms. The van der Waals surface area contributed by atoms with Crippen molar-refractivity contribution in [2.75, 3.05) is 13.7 Å². The van der Waals surface area contributed by atoms with Gasteiger partial charge in [-0.3, -0.25) is 10.1 Å². The lowest BCUT2D eigenvalue weighted by Crippen LogP contribution is -2.19. The van der Waals surface area contributed by atoms with E-state index in [0.717, 1.165) is 31.4 Å². The van der Waals surface area contributed by atoms with Crippen LogP contribution in [0.25, 0.3) is 0 Å². The maximum atomic E-state index is 11.8. The molecule has 0 radical (unpaired) electrons. The summed E-state index contributed by atoms with van der Waals surface area (Å²) < 4.78 is 11.9. The Bertz CT molecular complexity index is 839. The summed E-state index contributed by atoms with van der Waals surface area (Å²) in [7, 11) is 1.24. The minimum atomic E-state index is -0.611. The molecule has 0 aliphatic carbocycles. The maximum absolute atomic E-state index is 11.8. The summed E-state index contributed by atoms with van der Waals surface area (Å²) in [6.45, 7) is 4.00. The van der Waals surface area contributed by atoms with Gasteiger partial charge in [-0.15, -0.1) is 5.10 Å². The fourth-order valence-electron chi connectivity index (χ4n) is 1.76. The second-order valence-electron chi connectivity index (χ2n) is 4.64. The number of halogens is 2. The number of ether oxygens (including phenoxy) is 2. The molecule has 1 aromatic rings. The number of amidine groups is 1. The number of carbonyl (C=O) groups is 2. The number of rotatable bonds is 6. The quantitative estimate of drug-likeness (QED) is 0.147. The van der Waals surface area contributed by atoms with Crippen LogP contribution in [-0.4, -0.2) is 37.0 Å². The predicted octanol–water partition coefficient (Wildman–Crippen LogP) is 3.23. The second-order valence-corrected chi connectivity index (χ2v) is 7.75. The summed E-state index contributed by atoms with van der Waals surface area (Å²) in [6.07, 6.45) is 4.27. The highest BCUT2D eigenvalue weighted by Gasteiger charge is 2.25. The number of amides is 1. The molecular formula is C16H13BrIN3O4S. The van der Waals surface area contributed by atoms with Gasteiger partial charge < -0.3 is 9.47 Å². The highest BCUT2D eigenvalue weighted by molar-refractivity contribution is 14.1. The smallest absolute Gasteiger partial charge is 0.331 e. The normalized spacial score (nSPS) is 17.0. The summed E-state index contributed by atoms with van der Waals surface area (Å²) in [4.78, 5) is 23.2. The van der Waals surface area contributed by atoms with Crippen LogP contribution in [0, 0.1) is 3.57 Å². The second kappa shape index (κ2) is 9.88. The molecule has 1 aliphatic heterocycles. The topological polar surface area (TPSA) is 89.4 Å². The summed E-state index contributed by atoms with van der Waals surface area (Å²) in [5, 5.41) is 10.7. The molecule has 0 atom stereocenters. The van der Waals surface area contributed by atoms with Gasteiger partial charge in [0.05, 0.1) is 21.8 Å². The fraction of sp³-hybridized carbons (Fsp3) is 0.125. The van der Waals surface area contributed by atoms with Crippen molar-refractivity contribution in [1.82, 2.24) is 5.32 Å². The van der Waals surface area contributed by atoms with Crippen molar-refractivity contribution in [1.29, 1.82) is 0 Å². The first-order chi connectivity index (χ1) is 12.4. The van der Waals surface area contributed by atoms with Crippen LogP contribution in [0.5, 0.6) is 5.75 Å². The third kappa shape index (κ3) is 5.68. The Morgan fingerprint density at radius 2 is 2.27 bits per heavy atom. The molecule has 1 amide bonds. The van der Waals surface area contributed by atoms with E-state index in [0.29, 0.717) is 12.4 Å². The third-order valence-corrected chi connectivity index (χ3v) is 4.99. The van der Waals surface area contributed by atoms with Gasteiger partial charge in [0, 0.05) is 16.1 Å². The summed E-state index contributed by atoms with van der Waals surface area (Å²) in [5.74, 6) is -0.381. The molecular weight excluding hydrogens is 537 g/mol. The number of nitrogens with one attached hydrogen (secondary N) is 1. The Morgan fingerprint density at radius 3 is 2.96 bits per heavy atom. The SMILES string of the molecule is C=CCOc1c(I)cc(Br)cc1C=N/N=C1/NC(=O)/C(=C\C(=O)OC)S1. The molecule has 1 aromatic carbocycles. The largest absolute Gasteiger partial charge is 0.488 e. The van der Waals surface area contributed by atoms with Crippen molar-refractivity contribution in [3.05, 3.63) is 49.4 Å². The molecule has 1 fully saturated rings. The van der Waals surface area contributed by atoms with Crippen molar-refractivity contribution in [3.63, 3.8) is 0 Å². The van der Waals surface area contributed by atoms with E-state index >= 15 is 0 Å². The number of hydrogen-bond acceptors (Lipinski definition) is 7. The van der Waals surface area contributed by atoms with Crippen LogP contribution in [-0.2, 0) is 14.3 Å². The van der Waals surface area contributed by atoms with E-state index in [1.165, 1.54) is 13.3 Å². The van der Waals surface area contributed by atoms with Crippen LogP contribution in [0.2, 0.25) is 0 Å². The molecule has 0 saturated carbocycles. The predicted molar refractivity (Wildman–Crippen MR) is 113 cm³/mol. The summed E-state index contributed by atoms with van der Waals surface area (Å²) in [6, 6.07) is 3.76. The highest BCUT2D eigenvalue weighted by Crippen LogP contribution is 2.29. The lowest BCUT2D eigenvalue weighted by atomic mass is 10.2. The molecule has 0 unspecified atom stereocenters. The number of hydrogen-bond donors (Lipinski definition) is 1. The van der Waals surface area contributed by atoms with E-state index < -0.39 is 11.9 Å². The van der Waals surface area contributed by atoms with E-state index in [2.05, 4.69) is 65.4 Å². The molecule has 26 heavy (non-hydrogen) atoms. The Morgan fingerprint density at radius 1 is 1.50 bits per heavy atom. The van der Waals surface area contributed by atoms with Crippen molar-refractivity contribution in [3.8, 4) is 5.75 Å². The zero-order valence-corrected chi connectivity index (χ0v) is 18.1. The average Bonchev–Trinajstić information content (AvgIpc) is 2.93. The van der Waals surface area contributed by atoms with Gasteiger partial charge in [-0.2, -0.15) is 5.10 Å². The lowest BCUT2D eigenvalue weighted by Gasteiger charge is -2.09. The minimum absolute atomic E-state index is 0.192. The van der Waals surface area contributed by atoms with Crippen LogP contribution >= 0.6 is 50.3 Å². The molecule has 1 heterocycles. The van der Waals surface area contributed by atoms with E-state index in [1.807, 2.05) is 12.1 Å². The van der Waals surface area contributed by atoms with Gasteiger partial charge in [0.2, 0.25) is 0 Å². The van der Waals surface area contributed by atoms with Crippen molar-refractivity contribution >= 4 is 73.5 Å². The molecule has 0 bridgehead atoms. The van der Waals surface area contributed by atoms with Gasteiger partial charge in [0.15, 0.2) is 5.17 Å². The van der Waals surface area contributed by atoms with Crippen LogP contribution in [0.3, 0.4) is 0 Å². The van der Waals surface area contributed by atoms with Gasteiger partial charge in [0.25, 0.3) is 5.91 Å².